The van der Waals surface area contributed by atoms with Crippen molar-refractivity contribution in [1.29, 1.82) is 0 Å². The molecule has 1 N–H and O–H groups in total. The third kappa shape index (κ3) is 3.79. The predicted molar refractivity (Wildman–Crippen MR) is 77.8 cm³/mol. The highest BCUT2D eigenvalue weighted by molar-refractivity contribution is 5.74. The summed E-state index contributed by atoms with van der Waals surface area (Å²) in [6.07, 6.45) is 0.534. The van der Waals surface area contributed by atoms with E-state index in [1.165, 1.54) is 23.7 Å². The number of halogens is 3. The average Bonchev–Trinajstić information content (AvgIpc) is 3.23. The van der Waals surface area contributed by atoms with Crippen molar-refractivity contribution in [3.8, 4) is 0 Å². The van der Waals surface area contributed by atoms with Crippen LogP contribution < -0.4 is 5.32 Å². The summed E-state index contributed by atoms with van der Waals surface area (Å²) in [5.41, 5.74) is -0.865. The molecule has 1 aromatic rings. The highest BCUT2D eigenvalue weighted by Crippen LogP contribution is 2.33. The molecule has 0 aromatic carbocycles. The molecule has 1 atom stereocenters. The first-order valence-electron chi connectivity index (χ1n) is 8.02. The fraction of sp³-hybridized carbons (Fsp3) is 0.733. The van der Waals surface area contributed by atoms with Crippen LogP contribution in [-0.4, -0.2) is 39.8 Å². The van der Waals surface area contributed by atoms with Gasteiger partial charge in [0, 0.05) is 25.3 Å². The van der Waals surface area contributed by atoms with Crippen LogP contribution in [0.4, 0.5) is 18.0 Å². The highest BCUT2D eigenvalue weighted by atomic mass is 19.4. The van der Waals surface area contributed by atoms with Crippen LogP contribution in [0.25, 0.3) is 0 Å². The predicted octanol–water partition coefficient (Wildman–Crippen LogP) is 3.05. The van der Waals surface area contributed by atoms with Crippen molar-refractivity contribution in [2.75, 3.05) is 13.1 Å². The number of carbonyl (C=O) groups excluding carboxylic acids is 1. The van der Waals surface area contributed by atoms with Gasteiger partial charge in [0.25, 0.3) is 0 Å². The average molecular weight is 330 g/mol. The lowest BCUT2D eigenvalue weighted by Crippen LogP contribution is -2.47. The van der Waals surface area contributed by atoms with E-state index >= 15 is 0 Å². The van der Waals surface area contributed by atoms with Gasteiger partial charge in [0.05, 0.1) is 6.04 Å². The number of nitrogens with one attached hydrogen (secondary N) is 1. The fourth-order valence-corrected chi connectivity index (χ4v) is 3.03. The Balaban J connectivity index is 1.51. The summed E-state index contributed by atoms with van der Waals surface area (Å²) in [6, 6.07) is 1.03. The van der Waals surface area contributed by atoms with Crippen molar-refractivity contribution in [1.82, 2.24) is 20.0 Å². The van der Waals surface area contributed by atoms with Crippen LogP contribution in [-0.2, 0) is 6.18 Å². The van der Waals surface area contributed by atoms with Crippen LogP contribution in [0.2, 0.25) is 0 Å². The number of hydrogen-bond donors (Lipinski definition) is 1. The molecule has 2 amide bonds. The molecule has 5 nitrogen and oxygen atoms in total. The first-order valence-corrected chi connectivity index (χ1v) is 8.02. The van der Waals surface area contributed by atoms with E-state index in [9.17, 15) is 18.0 Å². The third-order valence-electron chi connectivity index (χ3n) is 4.70. The molecule has 0 spiro atoms. The molecule has 1 aliphatic heterocycles. The Morgan fingerprint density at radius 2 is 1.96 bits per heavy atom. The second-order valence-corrected chi connectivity index (χ2v) is 6.47. The standard InChI is InChI=1S/C15H21F3N4O/c1-10(11-2-3-11)19-14(23)21-7-4-12(5-8-21)22-9-6-13(20-22)15(16,17)18/h6,9-12H,2-5,7-8H2,1H3,(H,19,23)/t10-/m1/s1. The molecule has 23 heavy (non-hydrogen) atoms. The molecular weight excluding hydrogens is 309 g/mol. The Bertz CT molecular complexity index is 559. The quantitative estimate of drug-likeness (QED) is 0.926. The SMILES string of the molecule is C[C@@H](NC(=O)N1CCC(n2ccc(C(F)(F)F)n2)CC1)C1CC1. The monoisotopic (exact) mass is 330 g/mol. The second-order valence-electron chi connectivity index (χ2n) is 6.47. The third-order valence-corrected chi connectivity index (χ3v) is 4.70. The number of hydrogen-bond acceptors (Lipinski definition) is 2. The minimum absolute atomic E-state index is 0.0701. The maximum Gasteiger partial charge on any atom is 0.435 e. The number of piperidine rings is 1. The van der Waals surface area contributed by atoms with Gasteiger partial charge in [-0.3, -0.25) is 4.68 Å². The maximum absolute atomic E-state index is 12.6. The summed E-state index contributed by atoms with van der Waals surface area (Å²) in [5, 5.41) is 6.63. The van der Waals surface area contributed by atoms with E-state index in [0.717, 1.165) is 6.07 Å². The molecule has 1 aliphatic carbocycles. The van der Waals surface area contributed by atoms with Crippen molar-refractivity contribution in [2.45, 2.75) is 50.9 Å². The molecule has 8 heteroatoms. The van der Waals surface area contributed by atoms with Crippen LogP contribution in [0, 0.1) is 5.92 Å². The lowest BCUT2D eigenvalue weighted by Gasteiger charge is -2.33. The van der Waals surface area contributed by atoms with Crippen LogP contribution in [0.1, 0.15) is 44.3 Å². The Kier molecular flexibility index (Phi) is 4.25. The summed E-state index contributed by atoms with van der Waals surface area (Å²) < 4.78 is 39.2. The molecule has 3 rings (SSSR count). The van der Waals surface area contributed by atoms with Gasteiger partial charge in [-0.1, -0.05) is 0 Å². The number of amides is 2. The molecule has 128 valence electrons. The van der Waals surface area contributed by atoms with Gasteiger partial charge in [-0.05, 0) is 44.6 Å². The van der Waals surface area contributed by atoms with Gasteiger partial charge >= 0.3 is 12.2 Å². The summed E-state index contributed by atoms with van der Waals surface area (Å²) in [5.74, 6) is 0.598. The minimum Gasteiger partial charge on any atom is -0.335 e. The zero-order valence-corrected chi connectivity index (χ0v) is 13.0. The molecule has 0 radical (unpaired) electrons. The largest absolute Gasteiger partial charge is 0.435 e. The number of aromatic nitrogens is 2. The molecule has 2 fully saturated rings. The van der Waals surface area contributed by atoms with E-state index in [-0.39, 0.29) is 18.1 Å². The number of urea groups is 1. The van der Waals surface area contributed by atoms with Crippen molar-refractivity contribution >= 4 is 6.03 Å². The number of carbonyl (C=O) groups is 1. The number of likely N-dealkylation sites (tertiary alicyclic amines) is 1. The highest BCUT2D eigenvalue weighted by Gasteiger charge is 2.35. The van der Waals surface area contributed by atoms with Crippen molar-refractivity contribution in [3.63, 3.8) is 0 Å². The number of alkyl halides is 3. The molecule has 1 saturated heterocycles. The molecule has 1 aromatic heterocycles. The lowest BCUT2D eigenvalue weighted by molar-refractivity contribution is -0.141. The van der Waals surface area contributed by atoms with E-state index in [1.807, 2.05) is 6.92 Å². The first-order chi connectivity index (χ1) is 10.8. The van der Waals surface area contributed by atoms with Crippen LogP contribution in [0.3, 0.4) is 0 Å². The van der Waals surface area contributed by atoms with Gasteiger partial charge in [-0.25, -0.2) is 4.79 Å². The number of nitrogens with zero attached hydrogens (tertiary/aromatic N) is 3. The van der Waals surface area contributed by atoms with Gasteiger partial charge in [0.15, 0.2) is 5.69 Å². The molecule has 2 heterocycles. The van der Waals surface area contributed by atoms with Gasteiger partial charge in [0.1, 0.15) is 0 Å². The van der Waals surface area contributed by atoms with Crippen molar-refractivity contribution in [3.05, 3.63) is 18.0 Å². The van der Waals surface area contributed by atoms with Crippen LogP contribution in [0.15, 0.2) is 12.3 Å². The van der Waals surface area contributed by atoms with Gasteiger partial charge < -0.3 is 10.2 Å². The molecule has 1 saturated carbocycles. The fourth-order valence-electron chi connectivity index (χ4n) is 3.03. The summed E-state index contributed by atoms with van der Waals surface area (Å²) >= 11 is 0. The minimum atomic E-state index is -4.41. The van der Waals surface area contributed by atoms with Gasteiger partial charge in [0.2, 0.25) is 0 Å². The second kappa shape index (κ2) is 6.05. The van der Waals surface area contributed by atoms with E-state index < -0.39 is 11.9 Å². The van der Waals surface area contributed by atoms with Crippen LogP contribution in [0.5, 0.6) is 0 Å². The maximum atomic E-state index is 12.6. The summed E-state index contributed by atoms with van der Waals surface area (Å²) in [7, 11) is 0. The molecule has 0 unspecified atom stereocenters. The Labute approximate surface area is 132 Å². The Morgan fingerprint density at radius 3 is 2.48 bits per heavy atom. The summed E-state index contributed by atoms with van der Waals surface area (Å²) in [6.45, 7) is 3.09. The molecular formula is C15H21F3N4O. The van der Waals surface area contributed by atoms with Crippen molar-refractivity contribution in [2.24, 2.45) is 5.92 Å². The van der Waals surface area contributed by atoms with Crippen LogP contribution >= 0.6 is 0 Å². The first kappa shape index (κ1) is 16.1. The zero-order chi connectivity index (χ0) is 16.6. The Morgan fingerprint density at radius 1 is 1.30 bits per heavy atom. The molecule has 0 bridgehead atoms. The van der Waals surface area contributed by atoms with Crippen molar-refractivity contribution < 1.29 is 18.0 Å². The van der Waals surface area contributed by atoms with E-state index in [0.29, 0.717) is 31.8 Å². The van der Waals surface area contributed by atoms with Gasteiger partial charge in [-0.2, -0.15) is 18.3 Å². The Hall–Kier alpha value is -1.73. The zero-order valence-electron chi connectivity index (χ0n) is 13.0. The summed E-state index contributed by atoms with van der Waals surface area (Å²) in [4.78, 5) is 13.9. The topological polar surface area (TPSA) is 50.2 Å². The normalized spacial score (nSPS) is 21.3. The van der Waals surface area contributed by atoms with E-state index in [1.54, 1.807) is 4.90 Å². The van der Waals surface area contributed by atoms with Gasteiger partial charge in [-0.15, -0.1) is 0 Å². The number of rotatable bonds is 3. The van der Waals surface area contributed by atoms with E-state index in [2.05, 4.69) is 10.4 Å². The van der Waals surface area contributed by atoms with E-state index in [4.69, 9.17) is 0 Å². The molecule has 2 aliphatic rings. The lowest BCUT2D eigenvalue weighted by atomic mass is 10.1. The smallest absolute Gasteiger partial charge is 0.335 e.